The van der Waals surface area contributed by atoms with Crippen LogP contribution >= 0.6 is 0 Å². The van der Waals surface area contributed by atoms with Gasteiger partial charge in [-0.15, -0.1) is 5.10 Å². The summed E-state index contributed by atoms with van der Waals surface area (Å²) in [6.45, 7) is 2.18. The van der Waals surface area contributed by atoms with Gasteiger partial charge < -0.3 is 14.2 Å². The van der Waals surface area contributed by atoms with Crippen molar-refractivity contribution < 1.29 is 23.4 Å². The van der Waals surface area contributed by atoms with E-state index in [1.165, 1.54) is 19.2 Å². The maximum Gasteiger partial charge on any atom is 0.361 e. The number of methoxy groups -OCH3 is 1. The van der Waals surface area contributed by atoms with Crippen LogP contribution < -0.4 is 9.47 Å². The van der Waals surface area contributed by atoms with Crippen molar-refractivity contribution in [1.82, 2.24) is 15.4 Å². The SMILES string of the molecule is CCOC(=O)c1n[nH]nc1-c1ccc(OC)c(OCc2ccc(F)cc2)c1. The summed E-state index contributed by atoms with van der Waals surface area (Å²) in [5.74, 6) is 0.0980. The maximum absolute atomic E-state index is 13.0. The smallest absolute Gasteiger partial charge is 0.361 e. The Labute approximate surface area is 155 Å². The zero-order valence-corrected chi connectivity index (χ0v) is 14.9. The van der Waals surface area contributed by atoms with Gasteiger partial charge in [-0.3, -0.25) is 0 Å². The van der Waals surface area contributed by atoms with Gasteiger partial charge in [-0.1, -0.05) is 12.1 Å². The number of carbonyl (C=O) groups is 1. The quantitative estimate of drug-likeness (QED) is 0.641. The first-order valence-electron chi connectivity index (χ1n) is 8.26. The van der Waals surface area contributed by atoms with Gasteiger partial charge in [0.25, 0.3) is 0 Å². The summed E-state index contributed by atoms with van der Waals surface area (Å²) in [7, 11) is 1.53. The zero-order valence-electron chi connectivity index (χ0n) is 14.9. The van der Waals surface area contributed by atoms with E-state index >= 15 is 0 Å². The largest absolute Gasteiger partial charge is 0.493 e. The van der Waals surface area contributed by atoms with Crippen molar-refractivity contribution in [1.29, 1.82) is 0 Å². The van der Waals surface area contributed by atoms with Crippen LogP contribution in [0.2, 0.25) is 0 Å². The number of carbonyl (C=O) groups excluding carboxylic acids is 1. The maximum atomic E-state index is 13.0. The lowest BCUT2D eigenvalue weighted by molar-refractivity contribution is 0.0520. The summed E-state index contributed by atoms with van der Waals surface area (Å²) in [5.41, 5.74) is 1.86. The van der Waals surface area contributed by atoms with E-state index in [0.29, 0.717) is 22.8 Å². The van der Waals surface area contributed by atoms with Crippen LogP contribution in [0.25, 0.3) is 11.3 Å². The Morgan fingerprint density at radius 3 is 2.59 bits per heavy atom. The fraction of sp³-hybridized carbons (Fsp3) is 0.211. The molecule has 0 aliphatic rings. The first-order chi connectivity index (χ1) is 13.1. The van der Waals surface area contributed by atoms with Gasteiger partial charge in [0.1, 0.15) is 18.1 Å². The van der Waals surface area contributed by atoms with E-state index in [2.05, 4.69) is 15.4 Å². The molecule has 0 aliphatic heterocycles. The van der Waals surface area contributed by atoms with E-state index < -0.39 is 5.97 Å². The van der Waals surface area contributed by atoms with Crippen LogP contribution in [0.5, 0.6) is 11.5 Å². The lowest BCUT2D eigenvalue weighted by Crippen LogP contribution is -2.07. The van der Waals surface area contributed by atoms with Crippen molar-refractivity contribution in [3.8, 4) is 22.8 Å². The van der Waals surface area contributed by atoms with Crippen LogP contribution in [0.1, 0.15) is 23.0 Å². The number of nitrogens with zero attached hydrogens (tertiary/aromatic N) is 2. The molecule has 0 atom stereocenters. The molecule has 2 aromatic carbocycles. The second-order valence-electron chi connectivity index (χ2n) is 5.52. The monoisotopic (exact) mass is 371 g/mol. The molecule has 1 N–H and O–H groups in total. The van der Waals surface area contributed by atoms with Gasteiger partial charge in [-0.25, -0.2) is 9.18 Å². The van der Waals surface area contributed by atoms with E-state index in [4.69, 9.17) is 14.2 Å². The number of hydrogen-bond acceptors (Lipinski definition) is 6. The number of rotatable bonds is 7. The third-order valence-corrected chi connectivity index (χ3v) is 3.76. The molecule has 0 bridgehead atoms. The first-order valence-corrected chi connectivity index (χ1v) is 8.26. The van der Waals surface area contributed by atoms with E-state index in [-0.39, 0.29) is 24.7 Å². The number of aromatic amines is 1. The molecular formula is C19H18FN3O4. The Morgan fingerprint density at radius 2 is 1.89 bits per heavy atom. The average Bonchev–Trinajstić information content (AvgIpc) is 3.17. The van der Waals surface area contributed by atoms with E-state index in [9.17, 15) is 9.18 Å². The highest BCUT2D eigenvalue weighted by atomic mass is 19.1. The predicted octanol–water partition coefficient (Wildman–Crippen LogP) is 3.38. The molecule has 3 aromatic rings. The Balaban J connectivity index is 1.86. The van der Waals surface area contributed by atoms with Gasteiger partial charge in [0, 0.05) is 5.56 Å². The minimum atomic E-state index is -0.564. The Bertz CT molecular complexity index is 925. The van der Waals surface area contributed by atoms with Crippen molar-refractivity contribution in [2.24, 2.45) is 0 Å². The molecule has 140 valence electrons. The molecule has 1 heterocycles. The van der Waals surface area contributed by atoms with Gasteiger partial charge in [0.05, 0.1) is 13.7 Å². The second-order valence-corrected chi connectivity index (χ2v) is 5.52. The normalized spacial score (nSPS) is 10.5. The van der Waals surface area contributed by atoms with Crippen LogP contribution in [-0.4, -0.2) is 35.1 Å². The zero-order chi connectivity index (χ0) is 19.2. The summed E-state index contributed by atoms with van der Waals surface area (Å²) in [5, 5.41) is 10.3. The first kappa shape index (κ1) is 18.4. The molecular weight excluding hydrogens is 353 g/mol. The summed E-state index contributed by atoms with van der Waals surface area (Å²) in [6, 6.07) is 11.2. The lowest BCUT2D eigenvalue weighted by atomic mass is 10.1. The summed E-state index contributed by atoms with van der Waals surface area (Å²) < 4.78 is 29.2. The van der Waals surface area contributed by atoms with Crippen LogP contribution in [0, 0.1) is 5.82 Å². The lowest BCUT2D eigenvalue weighted by Gasteiger charge is -2.12. The fourth-order valence-electron chi connectivity index (χ4n) is 2.45. The molecule has 8 heteroatoms. The third kappa shape index (κ3) is 4.22. The van der Waals surface area contributed by atoms with Crippen molar-refractivity contribution in [3.63, 3.8) is 0 Å². The molecule has 1 aromatic heterocycles. The van der Waals surface area contributed by atoms with Crippen LogP contribution in [0.3, 0.4) is 0 Å². The van der Waals surface area contributed by atoms with E-state index in [0.717, 1.165) is 5.56 Å². The molecule has 0 spiro atoms. The van der Waals surface area contributed by atoms with Crippen molar-refractivity contribution >= 4 is 5.97 Å². The van der Waals surface area contributed by atoms with E-state index in [1.54, 1.807) is 37.3 Å². The highest BCUT2D eigenvalue weighted by Gasteiger charge is 2.20. The fourth-order valence-corrected chi connectivity index (χ4v) is 2.45. The predicted molar refractivity (Wildman–Crippen MR) is 95.1 cm³/mol. The Kier molecular flexibility index (Phi) is 5.65. The molecule has 0 unspecified atom stereocenters. The number of ether oxygens (including phenoxy) is 3. The number of esters is 1. The van der Waals surface area contributed by atoms with Gasteiger partial charge >= 0.3 is 5.97 Å². The summed E-state index contributed by atoms with van der Waals surface area (Å²) in [4.78, 5) is 12.0. The number of H-pyrrole nitrogens is 1. The molecule has 27 heavy (non-hydrogen) atoms. The molecule has 7 nitrogen and oxygen atoms in total. The average molecular weight is 371 g/mol. The number of nitrogens with one attached hydrogen (secondary N) is 1. The van der Waals surface area contributed by atoms with Gasteiger partial charge in [-0.05, 0) is 42.8 Å². The molecule has 0 saturated carbocycles. The minimum Gasteiger partial charge on any atom is -0.493 e. The Hall–Kier alpha value is -3.42. The van der Waals surface area contributed by atoms with Crippen molar-refractivity contribution in [2.75, 3.05) is 13.7 Å². The highest BCUT2D eigenvalue weighted by molar-refractivity contribution is 5.94. The number of benzene rings is 2. The third-order valence-electron chi connectivity index (χ3n) is 3.76. The van der Waals surface area contributed by atoms with Gasteiger partial charge in [-0.2, -0.15) is 10.3 Å². The summed E-state index contributed by atoms with van der Waals surface area (Å²) >= 11 is 0. The Morgan fingerprint density at radius 1 is 1.11 bits per heavy atom. The topological polar surface area (TPSA) is 86.3 Å². The molecule has 0 fully saturated rings. The second kappa shape index (κ2) is 8.31. The number of hydrogen-bond donors (Lipinski definition) is 1. The summed E-state index contributed by atoms with van der Waals surface area (Å²) in [6.07, 6.45) is 0. The molecule has 0 saturated heterocycles. The van der Waals surface area contributed by atoms with Gasteiger partial charge in [0.2, 0.25) is 0 Å². The van der Waals surface area contributed by atoms with Gasteiger partial charge in [0.15, 0.2) is 17.2 Å². The number of halogens is 1. The van der Waals surface area contributed by atoms with Crippen LogP contribution in [0.15, 0.2) is 42.5 Å². The van der Waals surface area contributed by atoms with Crippen LogP contribution in [0.4, 0.5) is 4.39 Å². The number of aromatic nitrogens is 3. The molecule has 0 radical (unpaired) electrons. The minimum absolute atomic E-state index is 0.0894. The highest BCUT2D eigenvalue weighted by Crippen LogP contribution is 2.33. The van der Waals surface area contributed by atoms with E-state index in [1.807, 2.05) is 0 Å². The van der Waals surface area contributed by atoms with Crippen LogP contribution in [-0.2, 0) is 11.3 Å². The van der Waals surface area contributed by atoms with Crippen molar-refractivity contribution in [3.05, 3.63) is 59.5 Å². The molecule has 3 rings (SSSR count). The standard InChI is InChI=1S/C19H18FN3O4/c1-3-26-19(24)18-17(21-23-22-18)13-6-9-15(25-2)16(10-13)27-11-12-4-7-14(20)8-5-12/h4-10H,3,11H2,1-2H3,(H,21,22,23). The molecule has 0 aliphatic carbocycles. The van der Waals surface area contributed by atoms with Crippen molar-refractivity contribution in [2.45, 2.75) is 13.5 Å². The molecule has 0 amide bonds.